The molecule has 2 aliphatic carbocycles. The first-order valence-electron chi connectivity index (χ1n) is 6.84. The number of aromatic nitrogens is 1. The molecule has 2 fully saturated rings. The Balaban J connectivity index is 1.83. The van der Waals surface area contributed by atoms with Gasteiger partial charge in [-0.05, 0) is 37.8 Å². The van der Waals surface area contributed by atoms with Crippen LogP contribution in [0.5, 0.6) is 0 Å². The number of ketones is 2. The van der Waals surface area contributed by atoms with Crippen LogP contribution in [0, 0.1) is 5.41 Å². The summed E-state index contributed by atoms with van der Waals surface area (Å²) >= 11 is 0. The van der Waals surface area contributed by atoms with E-state index in [1.54, 1.807) is 6.20 Å². The standard InChI is InChI=1S/C15H18N2O2/c16-15(11-3-1-2-10-17-11)8-6-14(7-9-15)12(18)4-5-13(14)19/h1-3,10H,4-9,16H2. The summed E-state index contributed by atoms with van der Waals surface area (Å²) in [6.45, 7) is 0. The van der Waals surface area contributed by atoms with Gasteiger partial charge in [0.2, 0.25) is 0 Å². The zero-order chi connectivity index (χ0) is 13.5. The average molecular weight is 258 g/mol. The Bertz CT molecular complexity index is 498. The Hall–Kier alpha value is -1.55. The van der Waals surface area contributed by atoms with Gasteiger partial charge in [-0.2, -0.15) is 0 Å². The lowest BCUT2D eigenvalue weighted by molar-refractivity contribution is -0.137. The number of carbonyl (C=O) groups is 2. The highest BCUT2D eigenvalue weighted by atomic mass is 16.2. The lowest BCUT2D eigenvalue weighted by Gasteiger charge is -2.40. The minimum absolute atomic E-state index is 0.126. The van der Waals surface area contributed by atoms with Gasteiger partial charge in [0.15, 0.2) is 0 Å². The number of nitrogens with zero attached hydrogens (tertiary/aromatic N) is 1. The molecule has 2 saturated carbocycles. The van der Waals surface area contributed by atoms with Gasteiger partial charge in [0.1, 0.15) is 11.6 Å². The molecule has 0 saturated heterocycles. The van der Waals surface area contributed by atoms with E-state index in [9.17, 15) is 9.59 Å². The molecule has 1 spiro atoms. The summed E-state index contributed by atoms with van der Waals surface area (Å²) in [5, 5.41) is 0. The van der Waals surface area contributed by atoms with Crippen molar-refractivity contribution in [1.29, 1.82) is 0 Å². The van der Waals surface area contributed by atoms with E-state index >= 15 is 0 Å². The summed E-state index contributed by atoms with van der Waals surface area (Å²) in [4.78, 5) is 28.4. The highest BCUT2D eigenvalue weighted by molar-refractivity contribution is 6.12. The van der Waals surface area contributed by atoms with Gasteiger partial charge in [0.05, 0.1) is 16.6 Å². The Morgan fingerprint density at radius 2 is 1.63 bits per heavy atom. The van der Waals surface area contributed by atoms with Crippen molar-refractivity contribution in [2.24, 2.45) is 11.1 Å². The first kappa shape index (κ1) is 12.5. The Kier molecular flexibility index (Phi) is 2.78. The van der Waals surface area contributed by atoms with Gasteiger partial charge in [0.25, 0.3) is 0 Å². The number of Topliss-reactive ketones (excluding diaryl/α,β-unsaturated/α-hetero) is 2. The van der Waals surface area contributed by atoms with Crippen molar-refractivity contribution in [1.82, 2.24) is 4.98 Å². The molecule has 0 radical (unpaired) electrons. The number of hydrogen-bond donors (Lipinski definition) is 1. The molecule has 3 rings (SSSR count). The summed E-state index contributed by atoms with van der Waals surface area (Å²) < 4.78 is 0. The topological polar surface area (TPSA) is 73.0 Å². The maximum atomic E-state index is 12.0. The van der Waals surface area contributed by atoms with Crippen LogP contribution in [-0.2, 0) is 15.1 Å². The van der Waals surface area contributed by atoms with Crippen molar-refractivity contribution in [3.63, 3.8) is 0 Å². The predicted molar refractivity (Wildman–Crippen MR) is 70.3 cm³/mol. The minimum atomic E-state index is -0.711. The first-order chi connectivity index (χ1) is 9.07. The molecule has 1 aromatic rings. The molecule has 0 bridgehead atoms. The minimum Gasteiger partial charge on any atom is -0.320 e. The van der Waals surface area contributed by atoms with E-state index in [1.807, 2.05) is 18.2 Å². The van der Waals surface area contributed by atoms with Crippen LogP contribution in [0.2, 0.25) is 0 Å². The van der Waals surface area contributed by atoms with Gasteiger partial charge >= 0.3 is 0 Å². The average Bonchev–Trinajstić information content (AvgIpc) is 2.72. The third-order valence-corrected chi connectivity index (χ3v) is 4.82. The third kappa shape index (κ3) is 1.82. The second-order valence-corrected chi connectivity index (χ2v) is 5.80. The lowest BCUT2D eigenvalue weighted by Crippen LogP contribution is -2.47. The molecule has 1 heterocycles. The third-order valence-electron chi connectivity index (χ3n) is 4.82. The van der Waals surface area contributed by atoms with Crippen molar-refractivity contribution >= 4 is 11.6 Å². The van der Waals surface area contributed by atoms with Crippen molar-refractivity contribution < 1.29 is 9.59 Å². The Morgan fingerprint density at radius 3 is 2.16 bits per heavy atom. The summed E-state index contributed by atoms with van der Waals surface area (Å²) in [5.74, 6) is 0.251. The smallest absolute Gasteiger partial charge is 0.146 e. The van der Waals surface area contributed by atoms with E-state index in [0.717, 1.165) is 5.69 Å². The number of rotatable bonds is 1. The Morgan fingerprint density at radius 1 is 1.00 bits per heavy atom. The van der Waals surface area contributed by atoms with Gasteiger partial charge < -0.3 is 5.73 Å². The van der Waals surface area contributed by atoms with E-state index in [-0.39, 0.29) is 11.6 Å². The van der Waals surface area contributed by atoms with E-state index in [0.29, 0.717) is 38.5 Å². The fourth-order valence-corrected chi connectivity index (χ4v) is 3.46. The maximum Gasteiger partial charge on any atom is 0.146 e. The molecule has 0 unspecified atom stereocenters. The van der Waals surface area contributed by atoms with E-state index in [4.69, 9.17) is 5.73 Å². The molecule has 0 amide bonds. The molecule has 2 N–H and O–H groups in total. The maximum absolute atomic E-state index is 12.0. The lowest BCUT2D eigenvalue weighted by atomic mass is 9.65. The van der Waals surface area contributed by atoms with Gasteiger partial charge in [0, 0.05) is 19.0 Å². The van der Waals surface area contributed by atoms with Crippen LogP contribution >= 0.6 is 0 Å². The number of carbonyl (C=O) groups excluding carboxylic acids is 2. The second kappa shape index (κ2) is 4.23. The fourth-order valence-electron chi connectivity index (χ4n) is 3.46. The monoisotopic (exact) mass is 258 g/mol. The second-order valence-electron chi connectivity index (χ2n) is 5.80. The van der Waals surface area contributed by atoms with Crippen LogP contribution in [0.4, 0.5) is 0 Å². The first-order valence-corrected chi connectivity index (χ1v) is 6.84. The highest BCUT2D eigenvalue weighted by Crippen LogP contribution is 2.48. The van der Waals surface area contributed by atoms with Crippen LogP contribution in [0.25, 0.3) is 0 Å². The molecule has 2 aliphatic rings. The molecule has 0 atom stereocenters. The van der Waals surface area contributed by atoms with Crippen molar-refractivity contribution in [2.45, 2.75) is 44.1 Å². The number of nitrogens with two attached hydrogens (primary N) is 1. The molecule has 1 aromatic heterocycles. The van der Waals surface area contributed by atoms with Crippen molar-refractivity contribution in [3.05, 3.63) is 30.1 Å². The molecule has 0 aromatic carbocycles. The molecule has 19 heavy (non-hydrogen) atoms. The van der Waals surface area contributed by atoms with E-state index in [2.05, 4.69) is 4.98 Å². The number of hydrogen-bond acceptors (Lipinski definition) is 4. The largest absolute Gasteiger partial charge is 0.320 e. The van der Waals surface area contributed by atoms with Gasteiger partial charge in [-0.15, -0.1) is 0 Å². The van der Waals surface area contributed by atoms with Crippen LogP contribution in [0.15, 0.2) is 24.4 Å². The van der Waals surface area contributed by atoms with Gasteiger partial charge in [-0.25, -0.2) is 0 Å². The highest BCUT2D eigenvalue weighted by Gasteiger charge is 2.53. The quantitative estimate of drug-likeness (QED) is 0.778. The molecule has 100 valence electrons. The van der Waals surface area contributed by atoms with Gasteiger partial charge in [-0.3, -0.25) is 14.6 Å². The van der Waals surface area contributed by atoms with Crippen molar-refractivity contribution in [2.75, 3.05) is 0 Å². The molecule has 0 aliphatic heterocycles. The summed E-state index contributed by atoms with van der Waals surface area (Å²) in [6.07, 6.45) is 5.04. The molecule has 4 nitrogen and oxygen atoms in total. The van der Waals surface area contributed by atoms with E-state index in [1.165, 1.54) is 0 Å². The molecule has 4 heteroatoms. The van der Waals surface area contributed by atoms with Crippen LogP contribution in [-0.4, -0.2) is 16.6 Å². The van der Waals surface area contributed by atoms with E-state index < -0.39 is 11.0 Å². The zero-order valence-corrected chi connectivity index (χ0v) is 10.9. The predicted octanol–water partition coefficient (Wildman–Crippen LogP) is 1.73. The SMILES string of the molecule is NC1(c2ccccn2)CCC2(CC1)C(=O)CCC2=O. The number of pyridine rings is 1. The zero-order valence-electron chi connectivity index (χ0n) is 10.9. The van der Waals surface area contributed by atoms with Crippen LogP contribution in [0.1, 0.15) is 44.2 Å². The normalized spacial score (nSPS) is 24.9. The summed E-state index contributed by atoms with van der Waals surface area (Å²) in [6, 6.07) is 5.71. The molecular formula is C15H18N2O2. The summed E-state index contributed by atoms with van der Waals surface area (Å²) in [7, 11) is 0. The molecular weight excluding hydrogens is 240 g/mol. The Labute approximate surface area is 112 Å². The van der Waals surface area contributed by atoms with Crippen LogP contribution in [0.3, 0.4) is 0 Å². The fraction of sp³-hybridized carbons (Fsp3) is 0.533. The summed E-state index contributed by atoms with van der Waals surface area (Å²) in [5.41, 5.74) is 6.10. The van der Waals surface area contributed by atoms with Gasteiger partial charge in [-0.1, -0.05) is 6.07 Å². The van der Waals surface area contributed by atoms with Crippen LogP contribution < -0.4 is 5.73 Å². The van der Waals surface area contributed by atoms with Crippen molar-refractivity contribution in [3.8, 4) is 0 Å².